The molecule has 0 saturated carbocycles. The van der Waals surface area contributed by atoms with Crippen LogP contribution < -0.4 is 0 Å². The van der Waals surface area contributed by atoms with Gasteiger partial charge in [0.1, 0.15) is 6.10 Å². The van der Waals surface area contributed by atoms with Gasteiger partial charge < -0.3 is 9.63 Å². The Labute approximate surface area is 90.7 Å². The van der Waals surface area contributed by atoms with Crippen molar-refractivity contribution >= 4 is 0 Å². The molecule has 0 radical (unpaired) electrons. The molecule has 0 amide bonds. The molecule has 0 aromatic carbocycles. The minimum atomic E-state index is -0.636. The standard InChI is InChI=1S/C11H20N2O2/c1-3-4-5-6-7-8-10-12-11(9(2)14)13-15-10/h9,14H,3-8H2,1-2H3. The number of hydrogen-bond donors (Lipinski definition) is 1. The van der Waals surface area contributed by atoms with E-state index in [0.29, 0.717) is 11.7 Å². The van der Waals surface area contributed by atoms with Crippen LogP contribution in [0.4, 0.5) is 0 Å². The van der Waals surface area contributed by atoms with Gasteiger partial charge in [-0.3, -0.25) is 0 Å². The van der Waals surface area contributed by atoms with Crippen molar-refractivity contribution in [3.8, 4) is 0 Å². The van der Waals surface area contributed by atoms with E-state index in [2.05, 4.69) is 17.1 Å². The molecular formula is C11H20N2O2. The van der Waals surface area contributed by atoms with Gasteiger partial charge in [-0.1, -0.05) is 37.8 Å². The zero-order chi connectivity index (χ0) is 11.1. The van der Waals surface area contributed by atoms with Gasteiger partial charge in [0.05, 0.1) is 0 Å². The first-order valence-electron chi connectivity index (χ1n) is 5.74. The summed E-state index contributed by atoms with van der Waals surface area (Å²) in [5.41, 5.74) is 0. The summed E-state index contributed by atoms with van der Waals surface area (Å²) in [6.07, 6.45) is 6.30. The Kier molecular flexibility index (Phi) is 5.32. The molecule has 1 atom stereocenters. The van der Waals surface area contributed by atoms with Gasteiger partial charge in [0.25, 0.3) is 0 Å². The normalized spacial score (nSPS) is 13.0. The van der Waals surface area contributed by atoms with Crippen molar-refractivity contribution in [1.82, 2.24) is 10.1 Å². The lowest BCUT2D eigenvalue weighted by molar-refractivity contribution is 0.184. The summed E-state index contributed by atoms with van der Waals surface area (Å²) in [6, 6.07) is 0. The average Bonchev–Trinajstić information content (AvgIpc) is 2.66. The van der Waals surface area contributed by atoms with Crippen LogP contribution in [0.3, 0.4) is 0 Å². The molecule has 1 unspecified atom stereocenters. The SMILES string of the molecule is CCCCCCCc1nc(C(C)O)no1. The Morgan fingerprint density at radius 1 is 1.27 bits per heavy atom. The third-order valence-corrected chi connectivity index (χ3v) is 2.35. The lowest BCUT2D eigenvalue weighted by Crippen LogP contribution is -1.94. The number of aryl methyl sites for hydroxylation is 1. The van der Waals surface area contributed by atoms with Crippen molar-refractivity contribution in [3.05, 3.63) is 11.7 Å². The predicted octanol–water partition coefficient (Wildman–Crippen LogP) is 2.64. The van der Waals surface area contributed by atoms with Crippen LogP contribution in [0.1, 0.15) is 63.8 Å². The summed E-state index contributed by atoms with van der Waals surface area (Å²) in [7, 11) is 0. The minimum Gasteiger partial charge on any atom is -0.385 e. The van der Waals surface area contributed by atoms with Crippen molar-refractivity contribution in [2.45, 2.75) is 58.5 Å². The van der Waals surface area contributed by atoms with Gasteiger partial charge in [-0.2, -0.15) is 4.98 Å². The summed E-state index contributed by atoms with van der Waals surface area (Å²) in [5.74, 6) is 1.03. The van der Waals surface area contributed by atoms with E-state index in [0.717, 1.165) is 12.8 Å². The molecule has 0 aliphatic carbocycles. The van der Waals surface area contributed by atoms with Crippen LogP contribution in [0.2, 0.25) is 0 Å². The second kappa shape index (κ2) is 6.56. The highest BCUT2D eigenvalue weighted by Crippen LogP contribution is 2.10. The fourth-order valence-electron chi connectivity index (χ4n) is 1.42. The zero-order valence-corrected chi connectivity index (χ0v) is 9.57. The third-order valence-electron chi connectivity index (χ3n) is 2.35. The van der Waals surface area contributed by atoms with Gasteiger partial charge in [0.2, 0.25) is 5.89 Å². The van der Waals surface area contributed by atoms with Gasteiger partial charge in [-0.15, -0.1) is 0 Å². The predicted molar refractivity (Wildman–Crippen MR) is 57.4 cm³/mol. The number of nitrogens with zero attached hydrogens (tertiary/aromatic N) is 2. The number of aliphatic hydroxyl groups excluding tert-OH is 1. The van der Waals surface area contributed by atoms with Crippen LogP contribution in [0.15, 0.2) is 4.52 Å². The molecule has 1 heterocycles. The largest absolute Gasteiger partial charge is 0.385 e. The Balaban J connectivity index is 2.20. The van der Waals surface area contributed by atoms with E-state index < -0.39 is 6.10 Å². The van der Waals surface area contributed by atoms with Crippen LogP contribution in [-0.4, -0.2) is 15.2 Å². The number of hydrogen-bond acceptors (Lipinski definition) is 4. The Hall–Kier alpha value is -0.900. The van der Waals surface area contributed by atoms with Gasteiger partial charge in [-0.05, 0) is 13.3 Å². The Morgan fingerprint density at radius 2 is 2.00 bits per heavy atom. The molecule has 1 aromatic heterocycles. The van der Waals surface area contributed by atoms with E-state index in [1.807, 2.05) is 0 Å². The van der Waals surface area contributed by atoms with Gasteiger partial charge >= 0.3 is 0 Å². The first-order valence-corrected chi connectivity index (χ1v) is 5.74. The van der Waals surface area contributed by atoms with Crippen molar-refractivity contribution in [3.63, 3.8) is 0 Å². The number of unbranched alkanes of at least 4 members (excludes halogenated alkanes) is 4. The monoisotopic (exact) mass is 212 g/mol. The maximum absolute atomic E-state index is 9.19. The smallest absolute Gasteiger partial charge is 0.226 e. The maximum Gasteiger partial charge on any atom is 0.226 e. The fourth-order valence-corrected chi connectivity index (χ4v) is 1.42. The Bertz CT molecular complexity index is 271. The molecule has 15 heavy (non-hydrogen) atoms. The highest BCUT2D eigenvalue weighted by molar-refractivity contribution is 4.88. The third kappa shape index (κ3) is 4.42. The van der Waals surface area contributed by atoms with Gasteiger partial charge in [0, 0.05) is 6.42 Å². The van der Waals surface area contributed by atoms with Crippen LogP contribution in [0, 0.1) is 0 Å². The zero-order valence-electron chi connectivity index (χ0n) is 9.57. The Morgan fingerprint density at radius 3 is 2.60 bits per heavy atom. The molecule has 0 aliphatic rings. The molecule has 1 aromatic rings. The molecule has 0 spiro atoms. The minimum absolute atomic E-state index is 0.388. The molecule has 0 saturated heterocycles. The lowest BCUT2D eigenvalue weighted by Gasteiger charge is -1.96. The molecule has 4 nitrogen and oxygen atoms in total. The highest BCUT2D eigenvalue weighted by atomic mass is 16.5. The van der Waals surface area contributed by atoms with E-state index in [1.165, 1.54) is 25.7 Å². The average molecular weight is 212 g/mol. The van der Waals surface area contributed by atoms with Crippen LogP contribution in [0.5, 0.6) is 0 Å². The van der Waals surface area contributed by atoms with E-state index in [-0.39, 0.29) is 0 Å². The molecule has 0 bridgehead atoms. The van der Waals surface area contributed by atoms with E-state index in [9.17, 15) is 5.11 Å². The first kappa shape index (κ1) is 12.2. The molecule has 86 valence electrons. The number of rotatable bonds is 7. The van der Waals surface area contributed by atoms with Crippen LogP contribution in [0.25, 0.3) is 0 Å². The van der Waals surface area contributed by atoms with E-state index >= 15 is 0 Å². The quantitative estimate of drug-likeness (QED) is 0.706. The van der Waals surface area contributed by atoms with Crippen molar-refractivity contribution in [2.75, 3.05) is 0 Å². The van der Waals surface area contributed by atoms with Crippen molar-refractivity contribution < 1.29 is 9.63 Å². The maximum atomic E-state index is 9.19. The second-order valence-corrected chi connectivity index (χ2v) is 3.89. The molecule has 4 heteroatoms. The van der Waals surface area contributed by atoms with E-state index in [1.54, 1.807) is 6.92 Å². The molecule has 1 N–H and O–H groups in total. The molecule has 0 aliphatic heterocycles. The lowest BCUT2D eigenvalue weighted by atomic mass is 10.1. The molecular weight excluding hydrogens is 192 g/mol. The van der Waals surface area contributed by atoms with Gasteiger partial charge in [0.15, 0.2) is 5.82 Å². The van der Waals surface area contributed by atoms with Gasteiger partial charge in [-0.25, -0.2) is 0 Å². The highest BCUT2D eigenvalue weighted by Gasteiger charge is 2.09. The topological polar surface area (TPSA) is 59.2 Å². The second-order valence-electron chi connectivity index (χ2n) is 3.89. The number of aromatic nitrogens is 2. The molecule has 1 rings (SSSR count). The fraction of sp³-hybridized carbons (Fsp3) is 0.818. The summed E-state index contributed by atoms with van der Waals surface area (Å²) in [6.45, 7) is 3.84. The summed E-state index contributed by atoms with van der Waals surface area (Å²) in [4.78, 5) is 4.10. The van der Waals surface area contributed by atoms with Crippen LogP contribution in [-0.2, 0) is 6.42 Å². The summed E-state index contributed by atoms with van der Waals surface area (Å²) in [5, 5.41) is 12.9. The summed E-state index contributed by atoms with van der Waals surface area (Å²) >= 11 is 0. The van der Waals surface area contributed by atoms with Crippen molar-refractivity contribution in [1.29, 1.82) is 0 Å². The van der Waals surface area contributed by atoms with E-state index in [4.69, 9.17) is 4.52 Å². The number of aliphatic hydroxyl groups is 1. The van der Waals surface area contributed by atoms with Crippen molar-refractivity contribution in [2.24, 2.45) is 0 Å². The summed E-state index contributed by atoms with van der Waals surface area (Å²) < 4.78 is 5.01. The first-order chi connectivity index (χ1) is 7.24. The molecule has 0 fully saturated rings. The van der Waals surface area contributed by atoms with Crippen LogP contribution >= 0.6 is 0 Å².